The monoisotopic (exact) mass is 287 g/mol. The largest absolute Gasteiger partial charge is 0.490 e. The second-order valence-electron chi connectivity index (χ2n) is 4.67. The summed E-state index contributed by atoms with van der Waals surface area (Å²) >= 11 is 0. The highest BCUT2D eigenvalue weighted by molar-refractivity contribution is 5.44. The highest BCUT2D eigenvalue weighted by Gasteiger charge is 2.25. The zero-order valence-corrected chi connectivity index (χ0v) is 11.3. The smallest absolute Gasteiger partial charge is 0.387 e. The molecule has 0 saturated carbocycles. The minimum atomic E-state index is -2.90. The van der Waals surface area contributed by atoms with Gasteiger partial charge in [0, 0.05) is 6.04 Å². The van der Waals surface area contributed by atoms with E-state index < -0.39 is 12.7 Å². The van der Waals surface area contributed by atoms with E-state index in [2.05, 4.69) is 10.1 Å². The standard InChI is InChI=1S/C14H19F2NO3/c1-2-19-12-8-9(5-6-11(12)20-14(15)16)13(18)10-4-3-7-17-10/h5-6,8,10,13-14,17-18H,2-4,7H2,1H3. The fraction of sp³-hybridized carbons (Fsp3) is 0.571. The second kappa shape index (κ2) is 6.85. The summed E-state index contributed by atoms with van der Waals surface area (Å²) < 4.78 is 34.3. The van der Waals surface area contributed by atoms with Crippen LogP contribution in [0.4, 0.5) is 8.78 Å². The van der Waals surface area contributed by atoms with E-state index in [-0.39, 0.29) is 17.5 Å². The number of hydrogen-bond acceptors (Lipinski definition) is 4. The maximum Gasteiger partial charge on any atom is 0.387 e. The first-order valence-electron chi connectivity index (χ1n) is 6.74. The van der Waals surface area contributed by atoms with E-state index in [9.17, 15) is 13.9 Å². The summed E-state index contributed by atoms with van der Waals surface area (Å²) in [6, 6.07) is 4.55. The summed E-state index contributed by atoms with van der Waals surface area (Å²) in [5.74, 6) is 0.208. The van der Waals surface area contributed by atoms with Gasteiger partial charge < -0.3 is 19.9 Å². The van der Waals surface area contributed by atoms with Gasteiger partial charge in [0.1, 0.15) is 0 Å². The molecule has 4 nitrogen and oxygen atoms in total. The molecule has 1 aliphatic rings. The van der Waals surface area contributed by atoms with Crippen molar-refractivity contribution in [3.8, 4) is 11.5 Å². The topological polar surface area (TPSA) is 50.7 Å². The molecule has 2 atom stereocenters. The molecule has 1 heterocycles. The Kier molecular flexibility index (Phi) is 5.14. The molecule has 0 radical (unpaired) electrons. The van der Waals surface area contributed by atoms with Crippen molar-refractivity contribution in [3.63, 3.8) is 0 Å². The van der Waals surface area contributed by atoms with Crippen LogP contribution in [0.3, 0.4) is 0 Å². The van der Waals surface area contributed by atoms with Gasteiger partial charge in [-0.15, -0.1) is 0 Å². The van der Waals surface area contributed by atoms with E-state index in [0.717, 1.165) is 19.4 Å². The van der Waals surface area contributed by atoms with Crippen LogP contribution in [-0.2, 0) is 0 Å². The lowest BCUT2D eigenvalue weighted by Crippen LogP contribution is -2.28. The second-order valence-corrected chi connectivity index (χ2v) is 4.67. The van der Waals surface area contributed by atoms with Gasteiger partial charge >= 0.3 is 6.61 Å². The summed E-state index contributed by atoms with van der Waals surface area (Å²) in [5.41, 5.74) is 0.634. The van der Waals surface area contributed by atoms with E-state index >= 15 is 0 Å². The molecule has 0 aromatic heterocycles. The number of hydrogen-bond donors (Lipinski definition) is 2. The van der Waals surface area contributed by atoms with Gasteiger partial charge in [-0.05, 0) is 44.0 Å². The van der Waals surface area contributed by atoms with E-state index in [0.29, 0.717) is 12.2 Å². The molecule has 1 aliphatic heterocycles. The van der Waals surface area contributed by atoms with Crippen molar-refractivity contribution in [2.45, 2.75) is 38.5 Å². The van der Waals surface area contributed by atoms with Crippen LogP contribution >= 0.6 is 0 Å². The van der Waals surface area contributed by atoms with Crippen LogP contribution < -0.4 is 14.8 Å². The lowest BCUT2D eigenvalue weighted by molar-refractivity contribution is -0.0514. The van der Waals surface area contributed by atoms with Crippen molar-refractivity contribution in [1.29, 1.82) is 0 Å². The van der Waals surface area contributed by atoms with Crippen LogP contribution in [0.25, 0.3) is 0 Å². The van der Waals surface area contributed by atoms with Crippen LogP contribution in [0, 0.1) is 0 Å². The molecule has 2 rings (SSSR count). The molecule has 2 unspecified atom stereocenters. The normalized spacial score (nSPS) is 20.1. The van der Waals surface area contributed by atoms with Crippen molar-refractivity contribution >= 4 is 0 Å². The number of nitrogens with one attached hydrogen (secondary N) is 1. The van der Waals surface area contributed by atoms with Gasteiger partial charge in [0.25, 0.3) is 0 Å². The van der Waals surface area contributed by atoms with Gasteiger partial charge in [0.2, 0.25) is 0 Å². The third kappa shape index (κ3) is 3.58. The van der Waals surface area contributed by atoms with E-state index in [1.807, 2.05) is 0 Å². The summed E-state index contributed by atoms with van der Waals surface area (Å²) in [6.45, 7) is 0.0720. The Bertz CT molecular complexity index is 436. The van der Waals surface area contributed by atoms with Gasteiger partial charge in [-0.1, -0.05) is 6.07 Å². The van der Waals surface area contributed by atoms with Crippen molar-refractivity contribution in [2.75, 3.05) is 13.2 Å². The van der Waals surface area contributed by atoms with Gasteiger partial charge in [-0.3, -0.25) is 0 Å². The Hall–Kier alpha value is -1.40. The number of alkyl halides is 2. The van der Waals surface area contributed by atoms with Crippen LogP contribution in [-0.4, -0.2) is 30.9 Å². The average Bonchev–Trinajstić information content (AvgIpc) is 2.93. The Labute approximate surface area is 116 Å². The summed E-state index contributed by atoms with van der Waals surface area (Å²) in [7, 11) is 0. The Balaban J connectivity index is 2.19. The fourth-order valence-electron chi connectivity index (χ4n) is 2.38. The minimum absolute atomic E-state index is 0.00802. The molecule has 1 fully saturated rings. The number of halogens is 2. The zero-order chi connectivity index (χ0) is 14.5. The number of rotatable bonds is 6. The van der Waals surface area contributed by atoms with Crippen molar-refractivity contribution < 1.29 is 23.4 Å². The highest BCUT2D eigenvalue weighted by atomic mass is 19.3. The fourth-order valence-corrected chi connectivity index (χ4v) is 2.38. The molecular formula is C14H19F2NO3. The quantitative estimate of drug-likeness (QED) is 0.844. The molecular weight excluding hydrogens is 268 g/mol. The Morgan fingerprint density at radius 2 is 2.20 bits per heavy atom. The maximum absolute atomic E-state index is 12.3. The third-order valence-electron chi connectivity index (χ3n) is 3.30. The van der Waals surface area contributed by atoms with Crippen molar-refractivity contribution in [3.05, 3.63) is 23.8 Å². The van der Waals surface area contributed by atoms with Gasteiger partial charge in [0.15, 0.2) is 11.5 Å². The predicted molar refractivity (Wildman–Crippen MR) is 70.2 cm³/mol. The maximum atomic E-state index is 12.3. The molecule has 112 valence electrons. The Morgan fingerprint density at radius 3 is 2.80 bits per heavy atom. The first-order valence-corrected chi connectivity index (χ1v) is 6.74. The molecule has 6 heteroatoms. The molecule has 2 N–H and O–H groups in total. The predicted octanol–water partition coefficient (Wildman–Crippen LogP) is 2.47. The van der Waals surface area contributed by atoms with Crippen molar-refractivity contribution in [2.24, 2.45) is 0 Å². The van der Waals surface area contributed by atoms with E-state index in [1.165, 1.54) is 6.07 Å². The third-order valence-corrected chi connectivity index (χ3v) is 3.30. The van der Waals surface area contributed by atoms with Crippen molar-refractivity contribution in [1.82, 2.24) is 5.32 Å². The van der Waals surface area contributed by atoms with Crippen LogP contribution in [0.1, 0.15) is 31.4 Å². The van der Waals surface area contributed by atoms with Crippen LogP contribution in [0.15, 0.2) is 18.2 Å². The van der Waals surface area contributed by atoms with Gasteiger partial charge in [-0.2, -0.15) is 8.78 Å². The summed E-state index contributed by atoms with van der Waals surface area (Å²) in [5, 5.41) is 13.5. The molecule has 1 saturated heterocycles. The van der Waals surface area contributed by atoms with E-state index in [1.54, 1.807) is 19.1 Å². The zero-order valence-electron chi connectivity index (χ0n) is 11.3. The van der Waals surface area contributed by atoms with Gasteiger partial charge in [0.05, 0.1) is 12.7 Å². The first kappa shape index (κ1) is 15.0. The van der Waals surface area contributed by atoms with E-state index in [4.69, 9.17) is 4.74 Å². The summed E-state index contributed by atoms with van der Waals surface area (Å²) in [6.07, 6.45) is 1.23. The molecule has 1 aromatic carbocycles. The molecule has 0 bridgehead atoms. The Morgan fingerprint density at radius 1 is 1.40 bits per heavy atom. The molecule has 0 aliphatic carbocycles. The lowest BCUT2D eigenvalue weighted by atomic mass is 10.0. The number of benzene rings is 1. The molecule has 20 heavy (non-hydrogen) atoms. The number of ether oxygens (including phenoxy) is 2. The lowest BCUT2D eigenvalue weighted by Gasteiger charge is -2.20. The molecule has 0 amide bonds. The SMILES string of the molecule is CCOc1cc(C(O)C2CCCN2)ccc1OC(F)F. The van der Waals surface area contributed by atoms with Crippen LogP contribution in [0.5, 0.6) is 11.5 Å². The minimum Gasteiger partial charge on any atom is -0.490 e. The highest BCUT2D eigenvalue weighted by Crippen LogP contribution is 2.33. The van der Waals surface area contributed by atoms with Gasteiger partial charge in [-0.25, -0.2) is 0 Å². The first-order chi connectivity index (χ1) is 9.61. The molecule has 1 aromatic rings. The number of aliphatic hydroxyl groups is 1. The number of aliphatic hydroxyl groups excluding tert-OH is 1. The summed E-state index contributed by atoms with van der Waals surface area (Å²) in [4.78, 5) is 0. The van der Waals surface area contributed by atoms with Crippen LogP contribution in [0.2, 0.25) is 0 Å². The average molecular weight is 287 g/mol. The molecule has 0 spiro atoms.